The predicted octanol–water partition coefficient (Wildman–Crippen LogP) is -1.85. The van der Waals surface area contributed by atoms with Crippen LogP contribution in [0.4, 0.5) is 5.95 Å². The highest BCUT2D eigenvalue weighted by molar-refractivity contribution is 7.46. The van der Waals surface area contributed by atoms with E-state index in [1.54, 1.807) is 0 Å². The van der Waals surface area contributed by atoms with Gasteiger partial charge in [-0.1, -0.05) is 0 Å². The number of rotatable bonds is 5. The van der Waals surface area contributed by atoms with Gasteiger partial charge in [0.05, 0.1) is 20.0 Å². The van der Waals surface area contributed by atoms with Crippen molar-refractivity contribution in [3.8, 4) is 5.88 Å². The van der Waals surface area contributed by atoms with Gasteiger partial charge in [0.1, 0.15) is 18.3 Å². The first-order valence-electron chi connectivity index (χ1n) is 6.97. The van der Waals surface area contributed by atoms with Crippen molar-refractivity contribution in [3.63, 3.8) is 0 Å². The van der Waals surface area contributed by atoms with Gasteiger partial charge in [-0.3, -0.25) is 9.09 Å². The van der Waals surface area contributed by atoms with E-state index in [1.165, 1.54) is 18.0 Å². The standard InChI is InChI=1S/C11H16N5O8P/c1-22-9-5-8(14-11(12)15-9)16(3-13-5)10-7(18)6(17)4(24-10)2-23-25(19,20)21/h3-4,6-7,10,17-18H,2H2,1H3,(H2,12,14,15)(H2,19,20,21)/t4-,6-,7+,10-/m1/s1. The number of hydrogen-bond donors (Lipinski definition) is 5. The summed E-state index contributed by atoms with van der Waals surface area (Å²) in [6.07, 6.45) is -3.90. The van der Waals surface area contributed by atoms with Crippen molar-refractivity contribution in [3.05, 3.63) is 6.33 Å². The van der Waals surface area contributed by atoms with E-state index in [1.807, 2.05) is 0 Å². The smallest absolute Gasteiger partial charge is 0.469 e. The number of aromatic nitrogens is 4. The number of hydrogen-bond acceptors (Lipinski definition) is 10. The zero-order valence-electron chi connectivity index (χ0n) is 12.8. The van der Waals surface area contributed by atoms with E-state index in [-0.39, 0.29) is 23.0 Å². The van der Waals surface area contributed by atoms with Gasteiger partial charge in [0, 0.05) is 0 Å². The number of anilines is 1. The Hall–Kier alpha value is -1.86. The fourth-order valence-corrected chi connectivity index (χ4v) is 2.84. The summed E-state index contributed by atoms with van der Waals surface area (Å²) in [6, 6.07) is 0. The number of phosphoric acid groups is 1. The quantitative estimate of drug-likeness (QED) is 0.365. The van der Waals surface area contributed by atoms with Crippen LogP contribution in [-0.2, 0) is 13.8 Å². The summed E-state index contributed by atoms with van der Waals surface area (Å²) in [5, 5.41) is 20.2. The molecule has 1 fully saturated rings. The Labute approximate surface area is 140 Å². The first kappa shape index (κ1) is 17.9. The zero-order valence-corrected chi connectivity index (χ0v) is 13.7. The molecule has 25 heavy (non-hydrogen) atoms. The number of imidazole rings is 1. The van der Waals surface area contributed by atoms with Gasteiger partial charge in [0.2, 0.25) is 11.8 Å². The van der Waals surface area contributed by atoms with Gasteiger partial charge in [0.15, 0.2) is 17.4 Å². The Bertz CT molecular complexity index is 824. The first-order valence-corrected chi connectivity index (χ1v) is 8.50. The minimum Gasteiger partial charge on any atom is -0.479 e. The molecule has 4 atom stereocenters. The third-order valence-electron chi connectivity index (χ3n) is 3.62. The lowest BCUT2D eigenvalue weighted by Crippen LogP contribution is -2.33. The summed E-state index contributed by atoms with van der Waals surface area (Å²) in [5.74, 6) is 0.0242. The van der Waals surface area contributed by atoms with E-state index in [0.717, 1.165) is 0 Å². The number of aliphatic hydroxyl groups excluding tert-OH is 2. The predicted molar refractivity (Wildman–Crippen MR) is 80.2 cm³/mol. The van der Waals surface area contributed by atoms with E-state index in [4.69, 9.17) is 25.0 Å². The SMILES string of the molecule is COc1nc(N)nc2c1ncn2[C@@H]1O[C@H](COP(=O)(O)O)[C@@H](O)[C@@H]1O. The number of nitrogen functional groups attached to an aromatic ring is 1. The van der Waals surface area contributed by atoms with Crippen LogP contribution in [0.1, 0.15) is 6.23 Å². The van der Waals surface area contributed by atoms with Crippen LogP contribution in [0.15, 0.2) is 6.33 Å². The average Bonchev–Trinajstić information content (AvgIpc) is 3.06. The number of nitrogens with zero attached hydrogens (tertiary/aromatic N) is 4. The molecule has 0 amide bonds. The molecule has 1 aliphatic heterocycles. The van der Waals surface area contributed by atoms with Crippen molar-refractivity contribution < 1.29 is 38.6 Å². The normalized spacial score (nSPS) is 27.1. The topological polar surface area (TPSA) is 195 Å². The van der Waals surface area contributed by atoms with Gasteiger partial charge >= 0.3 is 7.82 Å². The monoisotopic (exact) mass is 377 g/mol. The van der Waals surface area contributed by atoms with Crippen molar-refractivity contribution in [2.24, 2.45) is 0 Å². The molecule has 2 aromatic heterocycles. The van der Waals surface area contributed by atoms with E-state index < -0.39 is 39.0 Å². The molecular formula is C11H16N5O8P. The maximum absolute atomic E-state index is 10.8. The van der Waals surface area contributed by atoms with Gasteiger partial charge in [-0.05, 0) is 0 Å². The van der Waals surface area contributed by atoms with Crippen LogP contribution in [0.3, 0.4) is 0 Å². The molecule has 0 radical (unpaired) electrons. The fourth-order valence-electron chi connectivity index (χ4n) is 2.50. The number of ether oxygens (including phenoxy) is 2. The van der Waals surface area contributed by atoms with Crippen LogP contribution in [0.5, 0.6) is 5.88 Å². The van der Waals surface area contributed by atoms with Crippen LogP contribution >= 0.6 is 7.82 Å². The molecule has 3 rings (SSSR count). The molecule has 2 aromatic rings. The molecular weight excluding hydrogens is 361 g/mol. The highest BCUT2D eigenvalue weighted by Crippen LogP contribution is 2.39. The van der Waals surface area contributed by atoms with Gasteiger partial charge < -0.3 is 35.2 Å². The molecule has 13 nitrogen and oxygen atoms in total. The summed E-state index contributed by atoms with van der Waals surface area (Å²) >= 11 is 0. The molecule has 0 saturated carbocycles. The number of methoxy groups -OCH3 is 1. The third kappa shape index (κ3) is 3.43. The van der Waals surface area contributed by atoms with Gasteiger partial charge in [0.25, 0.3) is 0 Å². The van der Waals surface area contributed by atoms with Crippen molar-refractivity contribution in [1.29, 1.82) is 0 Å². The lowest BCUT2D eigenvalue weighted by atomic mass is 10.1. The Morgan fingerprint density at radius 1 is 1.36 bits per heavy atom. The summed E-state index contributed by atoms with van der Waals surface area (Å²) < 4.78 is 26.9. The zero-order chi connectivity index (χ0) is 18.4. The number of nitrogens with two attached hydrogens (primary N) is 1. The maximum Gasteiger partial charge on any atom is 0.469 e. The fraction of sp³-hybridized carbons (Fsp3) is 0.545. The van der Waals surface area contributed by atoms with E-state index in [2.05, 4.69) is 19.5 Å². The minimum atomic E-state index is -4.75. The van der Waals surface area contributed by atoms with Gasteiger partial charge in [-0.2, -0.15) is 9.97 Å². The Morgan fingerprint density at radius 3 is 2.72 bits per heavy atom. The van der Waals surface area contributed by atoms with Crippen molar-refractivity contribution in [2.45, 2.75) is 24.5 Å². The summed E-state index contributed by atoms with van der Waals surface area (Å²) in [6.45, 7) is -0.619. The third-order valence-corrected chi connectivity index (χ3v) is 4.10. The summed E-state index contributed by atoms with van der Waals surface area (Å²) in [4.78, 5) is 29.4. The van der Waals surface area contributed by atoms with Crippen LogP contribution in [0, 0.1) is 0 Å². The second-order valence-corrected chi connectivity index (χ2v) is 6.49. The van der Waals surface area contributed by atoms with Gasteiger partial charge in [-0.25, -0.2) is 9.55 Å². The minimum absolute atomic E-state index is 0.0967. The molecule has 0 aromatic carbocycles. The molecule has 0 aliphatic carbocycles. The summed E-state index contributed by atoms with van der Waals surface area (Å²) in [5.41, 5.74) is 6.06. The molecule has 0 unspecified atom stereocenters. The van der Waals surface area contributed by atoms with Crippen LogP contribution in [0.25, 0.3) is 11.2 Å². The average molecular weight is 377 g/mol. The Balaban J connectivity index is 1.90. The number of fused-ring (bicyclic) bond motifs is 1. The van der Waals surface area contributed by atoms with Crippen molar-refractivity contribution in [1.82, 2.24) is 19.5 Å². The number of phosphoric ester groups is 1. The van der Waals surface area contributed by atoms with E-state index in [0.29, 0.717) is 0 Å². The molecule has 138 valence electrons. The lowest BCUT2D eigenvalue weighted by Gasteiger charge is -2.16. The van der Waals surface area contributed by atoms with Crippen LogP contribution < -0.4 is 10.5 Å². The molecule has 1 aliphatic rings. The Kier molecular flexibility index (Phi) is 4.64. The molecule has 1 saturated heterocycles. The van der Waals surface area contributed by atoms with Crippen molar-refractivity contribution >= 4 is 24.9 Å². The maximum atomic E-state index is 10.8. The highest BCUT2D eigenvalue weighted by Gasteiger charge is 2.45. The molecule has 3 heterocycles. The van der Waals surface area contributed by atoms with Crippen molar-refractivity contribution in [2.75, 3.05) is 19.5 Å². The first-order chi connectivity index (χ1) is 11.7. The lowest BCUT2D eigenvalue weighted by molar-refractivity contribution is -0.0503. The van der Waals surface area contributed by atoms with E-state index in [9.17, 15) is 14.8 Å². The van der Waals surface area contributed by atoms with Gasteiger partial charge in [-0.15, -0.1) is 0 Å². The van der Waals surface area contributed by atoms with E-state index >= 15 is 0 Å². The molecule has 6 N–H and O–H groups in total. The van der Waals surface area contributed by atoms with Crippen LogP contribution in [-0.4, -0.2) is 71.5 Å². The highest BCUT2D eigenvalue weighted by atomic mass is 31.2. The molecule has 14 heteroatoms. The Morgan fingerprint density at radius 2 is 2.08 bits per heavy atom. The molecule has 0 bridgehead atoms. The summed E-state index contributed by atoms with van der Waals surface area (Å²) in [7, 11) is -3.37. The second-order valence-electron chi connectivity index (χ2n) is 5.25. The van der Waals surface area contributed by atoms with Crippen LogP contribution in [0.2, 0.25) is 0 Å². The number of aliphatic hydroxyl groups is 2. The largest absolute Gasteiger partial charge is 0.479 e. The second kappa shape index (κ2) is 6.46. The molecule has 0 spiro atoms.